The number of allylic oxidation sites excluding steroid dienone is 1. The van der Waals surface area contributed by atoms with Crippen molar-refractivity contribution in [1.29, 1.82) is 0 Å². The highest BCUT2D eigenvalue weighted by molar-refractivity contribution is 7.92. The van der Waals surface area contributed by atoms with Gasteiger partial charge in [-0.1, -0.05) is 35.9 Å². The summed E-state index contributed by atoms with van der Waals surface area (Å²) < 4.78 is 25.2. The number of sulfone groups is 1. The van der Waals surface area contributed by atoms with Crippen LogP contribution in [0.15, 0.2) is 82.3 Å². The van der Waals surface area contributed by atoms with Crippen LogP contribution in [0.4, 0.5) is 5.69 Å². The number of para-hydroxylation sites is 1. The molecule has 0 spiro atoms. The maximum atomic E-state index is 12.6. The molecule has 3 rings (SSSR count). The molecule has 174 valence electrons. The number of benzene rings is 2. The first-order valence-corrected chi connectivity index (χ1v) is 13.2. The van der Waals surface area contributed by atoms with E-state index in [9.17, 15) is 8.42 Å². The molecule has 2 aromatic carbocycles. The molecule has 0 saturated heterocycles. The summed E-state index contributed by atoms with van der Waals surface area (Å²) >= 11 is 7.82. The Morgan fingerprint density at radius 1 is 1.09 bits per heavy atom. The van der Waals surface area contributed by atoms with Crippen molar-refractivity contribution in [1.82, 2.24) is 0 Å². The second-order valence-electron chi connectivity index (χ2n) is 8.56. The van der Waals surface area contributed by atoms with E-state index in [2.05, 4.69) is 0 Å². The van der Waals surface area contributed by atoms with Gasteiger partial charge in [0, 0.05) is 16.1 Å². The maximum Gasteiger partial charge on any atom is 0.180 e. The molecule has 1 heterocycles. The first-order chi connectivity index (χ1) is 15.4. The molecule has 33 heavy (non-hydrogen) atoms. The van der Waals surface area contributed by atoms with Crippen LogP contribution in [0.5, 0.6) is 0 Å². The minimum atomic E-state index is -3.37. The Labute approximate surface area is 204 Å². The fraction of sp³-hybridized carbons (Fsp3) is 0.240. The van der Waals surface area contributed by atoms with Gasteiger partial charge in [-0.25, -0.2) is 13.4 Å². The van der Waals surface area contributed by atoms with Crippen LogP contribution >= 0.6 is 22.9 Å². The molecule has 4 N–H and O–H groups in total. The van der Waals surface area contributed by atoms with Crippen molar-refractivity contribution < 1.29 is 8.42 Å². The summed E-state index contributed by atoms with van der Waals surface area (Å²) in [6, 6.07) is 18.2. The third-order valence-corrected chi connectivity index (χ3v) is 8.68. The van der Waals surface area contributed by atoms with Crippen molar-refractivity contribution in [2.45, 2.75) is 43.4 Å². The molecule has 3 aromatic rings. The van der Waals surface area contributed by atoms with Gasteiger partial charge in [0.2, 0.25) is 0 Å². The van der Waals surface area contributed by atoms with E-state index in [4.69, 9.17) is 28.1 Å². The average Bonchev–Trinajstić information content (AvgIpc) is 3.24. The molecule has 0 aliphatic rings. The molecule has 0 atom stereocenters. The van der Waals surface area contributed by atoms with Crippen molar-refractivity contribution in [3.63, 3.8) is 0 Å². The van der Waals surface area contributed by atoms with Gasteiger partial charge in [0.05, 0.1) is 31.4 Å². The number of thiophene rings is 1. The SMILES string of the molecule is CC(C)S(=O)(=O)c1cccc(-c2ccc(C(C=C(N)C(C)(C)N)=Nc3ccccc3Cl)s2)c1. The summed E-state index contributed by atoms with van der Waals surface area (Å²) in [5, 5.41) is 0.0334. The Hall–Kier alpha value is -2.45. The molecular weight excluding hydrogens is 474 g/mol. The van der Waals surface area contributed by atoms with Crippen LogP contribution in [-0.2, 0) is 9.84 Å². The Kier molecular flexibility index (Phi) is 7.49. The highest BCUT2D eigenvalue weighted by Crippen LogP contribution is 2.33. The molecule has 0 bridgehead atoms. The van der Waals surface area contributed by atoms with Gasteiger partial charge < -0.3 is 11.5 Å². The molecule has 1 aromatic heterocycles. The summed E-state index contributed by atoms with van der Waals surface area (Å²) in [6.07, 6.45) is 1.76. The smallest absolute Gasteiger partial charge is 0.180 e. The number of rotatable bonds is 7. The minimum Gasteiger partial charge on any atom is -0.400 e. The predicted octanol–water partition coefficient (Wildman–Crippen LogP) is 5.95. The third kappa shape index (κ3) is 5.92. The second-order valence-corrected chi connectivity index (χ2v) is 12.6. The van der Waals surface area contributed by atoms with E-state index in [-0.39, 0.29) is 0 Å². The monoisotopic (exact) mass is 501 g/mol. The summed E-state index contributed by atoms with van der Waals surface area (Å²) in [5.41, 5.74) is 14.3. The van der Waals surface area contributed by atoms with Crippen molar-refractivity contribution in [2.75, 3.05) is 0 Å². The molecule has 0 unspecified atom stereocenters. The van der Waals surface area contributed by atoms with Crippen LogP contribution < -0.4 is 11.5 Å². The molecule has 0 aliphatic heterocycles. The second kappa shape index (κ2) is 9.81. The zero-order valence-electron chi connectivity index (χ0n) is 19.0. The van der Waals surface area contributed by atoms with Gasteiger partial charge in [0.1, 0.15) is 0 Å². The van der Waals surface area contributed by atoms with Gasteiger partial charge >= 0.3 is 0 Å². The van der Waals surface area contributed by atoms with Crippen molar-refractivity contribution in [2.24, 2.45) is 16.5 Å². The Morgan fingerprint density at radius 2 is 1.79 bits per heavy atom. The van der Waals surface area contributed by atoms with Crippen LogP contribution in [0.3, 0.4) is 0 Å². The maximum absolute atomic E-state index is 12.6. The van der Waals surface area contributed by atoms with E-state index >= 15 is 0 Å². The molecule has 0 radical (unpaired) electrons. The quantitative estimate of drug-likeness (QED) is 0.390. The number of nitrogens with two attached hydrogens (primary N) is 2. The highest BCUT2D eigenvalue weighted by Gasteiger charge is 2.20. The van der Waals surface area contributed by atoms with E-state index in [1.165, 1.54) is 11.3 Å². The zero-order chi connectivity index (χ0) is 24.4. The average molecular weight is 502 g/mol. The summed E-state index contributed by atoms with van der Waals surface area (Å²) in [6.45, 7) is 7.01. The van der Waals surface area contributed by atoms with Gasteiger partial charge in [-0.3, -0.25) is 0 Å². The van der Waals surface area contributed by atoms with E-state index in [1.54, 1.807) is 44.2 Å². The van der Waals surface area contributed by atoms with E-state index in [0.717, 1.165) is 15.3 Å². The topological polar surface area (TPSA) is 98.5 Å². The lowest BCUT2D eigenvalue weighted by molar-refractivity contribution is 0.587. The van der Waals surface area contributed by atoms with Gasteiger partial charge in [-0.2, -0.15) is 0 Å². The van der Waals surface area contributed by atoms with Crippen LogP contribution in [0.25, 0.3) is 10.4 Å². The van der Waals surface area contributed by atoms with E-state index in [0.29, 0.717) is 27.0 Å². The number of hydrogen-bond donors (Lipinski definition) is 2. The molecule has 0 saturated carbocycles. The Morgan fingerprint density at radius 3 is 2.42 bits per heavy atom. The number of halogens is 1. The molecule has 0 aliphatic carbocycles. The van der Waals surface area contributed by atoms with Gasteiger partial charge in [0.15, 0.2) is 9.84 Å². The molecule has 5 nitrogen and oxygen atoms in total. The van der Waals surface area contributed by atoms with Crippen molar-refractivity contribution in [3.8, 4) is 10.4 Å². The Balaban J connectivity index is 2.09. The predicted molar refractivity (Wildman–Crippen MR) is 140 cm³/mol. The largest absolute Gasteiger partial charge is 0.400 e. The third-order valence-electron chi connectivity index (χ3n) is 5.06. The fourth-order valence-corrected chi connectivity index (χ4v) is 5.14. The standard InChI is InChI=1S/C25H28ClN3O2S2/c1-16(2)33(30,31)18-9-7-8-17(14-18)22-12-13-23(32-22)21(15-24(27)25(3,4)28)29-20-11-6-5-10-19(20)26/h5-16H,27-28H2,1-4H3. The van der Waals surface area contributed by atoms with E-state index in [1.807, 2.05) is 50.2 Å². The fourth-order valence-electron chi connectivity index (χ4n) is 2.89. The van der Waals surface area contributed by atoms with Gasteiger partial charge in [-0.15, -0.1) is 11.3 Å². The molecule has 8 heteroatoms. The van der Waals surface area contributed by atoms with Crippen molar-refractivity contribution >= 4 is 44.2 Å². The summed E-state index contributed by atoms with van der Waals surface area (Å²) in [7, 11) is -3.37. The zero-order valence-corrected chi connectivity index (χ0v) is 21.4. The van der Waals surface area contributed by atoms with Crippen LogP contribution in [0.1, 0.15) is 32.6 Å². The summed E-state index contributed by atoms with van der Waals surface area (Å²) in [5.74, 6) is 0. The first-order valence-electron chi connectivity index (χ1n) is 10.4. The first kappa shape index (κ1) is 25.2. The van der Waals surface area contributed by atoms with Gasteiger partial charge in [-0.05, 0) is 75.7 Å². The molecule has 0 fully saturated rings. The number of aliphatic imine (C=N–C) groups is 1. The Bertz CT molecular complexity index is 1320. The van der Waals surface area contributed by atoms with Gasteiger partial charge in [0.25, 0.3) is 0 Å². The van der Waals surface area contributed by atoms with E-state index < -0.39 is 20.6 Å². The lowest BCUT2D eigenvalue weighted by atomic mass is 10.0. The van der Waals surface area contributed by atoms with Crippen LogP contribution in [0, 0.1) is 0 Å². The molecular formula is C25H28ClN3O2S2. The molecule has 0 amide bonds. The lowest BCUT2D eigenvalue weighted by Gasteiger charge is -2.19. The summed E-state index contributed by atoms with van der Waals surface area (Å²) in [4.78, 5) is 6.83. The van der Waals surface area contributed by atoms with Crippen LogP contribution in [0.2, 0.25) is 5.02 Å². The van der Waals surface area contributed by atoms with Crippen molar-refractivity contribution in [3.05, 3.63) is 82.3 Å². The highest BCUT2D eigenvalue weighted by atomic mass is 35.5. The normalized spacial score (nSPS) is 13.5. The number of nitrogens with zero attached hydrogens (tertiary/aromatic N) is 1. The van der Waals surface area contributed by atoms with Crippen LogP contribution in [-0.4, -0.2) is 24.9 Å². The lowest BCUT2D eigenvalue weighted by Crippen LogP contribution is -2.38. The minimum absolute atomic E-state index is 0.309. The number of hydrogen-bond acceptors (Lipinski definition) is 6.